The molecule has 22 heteroatoms. The van der Waals surface area contributed by atoms with Crippen LogP contribution in [0.15, 0.2) is 133 Å². The number of methoxy groups -OCH3 is 2. The van der Waals surface area contributed by atoms with E-state index in [4.69, 9.17) is 9.47 Å². The first-order valence-corrected chi connectivity index (χ1v) is 26.6. The van der Waals surface area contributed by atoms with Crippen molar-refractivity contribution in [3.8, 4) is 0 Å². The van der Waals surface area contributed by atoms with E-state index in [2.05, 4.69) is 31.9 Å². The predicted octanol–water partition coefficient (Wildman–Crippen LogP) is 4.08. The Morgan fingerprint density at radius 2 is 0.744 bits per heavy atom. The van der Waals surface area contributed by atoms with Crippen LogP contribution in [-0.2, 0) is 51.1 Å². The van der Waals surface area contributed by atoms with E-state index >= 15 is 0 Å². The molecule has 0 unspecified atom stereocenters. The molecule has 0 aliphatic rings. The number of amides is 8. The zero-order valence-corrected chi connectivity index (χ0v) is 45.7. The average molecular weight is 1130 g/mol. The van der Waals surface area contributed by atoms with E-state index in [0.29, 0.717) is 49.7 Å². The zero-order chi connectivity index (χ0) is 59.2. The van der Waals surface area contributed by atoms with Gasteiger partial charge in [0, 0.05) is 48.4 Å². The first kappa shape index (κ1) is 63.5. The molecule has 0 radical (unpaired) electrons. The monoisotopic (exact) mass is 1130 g/mol. The first-order valence-electron chi connectivity index (χ1n) is 26.6. The molecular weight excluding hydrogens is 1060 g/mol. The summed E-state index contributed by atoms with van der Waals surface area (Å²) in [6, 6.07) is 31.4. The Morgan fingerprint density at radius 1 is 0.415 bits per heavy atom. The number of carbonyl (C=O) groups excluding carboxylic acids is 10. The fraction of sp³-hybridized carbons (Fsp3) is 0.333. The molecule has 5 aromatic rings. The number of carbonyl (C=O) groups is 10. The smallest absolute Gasteiger partial charge is 0.328 e. The quantitative estimate of drug-likeness (QED) is 0.0263. The Bertz CT molecular complexity index is 2760. The number of hydrogen-bond acceptors (Lipinski definition) is 12. The molecule has 0 spiro atoms. The minimum absolute atomic E-state index is 0.0865. The highest BCUT2D eigenvalue weighted by atomic mass is 19.1. The summed E-state index contributed by atoms with van der Waals surface area (Å²) < 4.78 is 36.8. The molecule has 5 aromatic carbocycles. The summed E-state index contributed by atoms with van der Waals surface area (Å²) >= 11 is 0. The van der Waals surface area contributed by atoms with E-state index in [1.54, 1.807) is 84.9 Å². The van der Waals surface area contributed by atoms with Gasteiger partial charge in [-0.1, -0.05) is 66.7 Å². The van der Waals surface area contributed by atoms with Crippen molar-refractivity contribution in [2.45, 2.75) is 63.5 Å². The van der Waals surface area contributed by atoms with Crippen LogP contribution >= 0.6 is 0 Å². The van der Waals surface area contributed by atoms with Crippen molar-refractivity contribution in [3.05, 3.63) is 178 Å². The molecule has 0 saturated carbocycles. The van der Waals surface area contributed by atoms with Gasteiger partial charge in [0.1, 0.15) is 49.9 Å². The lowest BCUT2D eigenvalue weighted by Crippen LogP contribution is -2.47. The third kappa shape index (κ3) is 22.1. The molecule has 0 aliphatic heterocycles. The molecule has 0 bridgehead atoms. The Labute approximate surface area is 474 Å². The van der Waals surface area contributed by atoms with Crippen LogP contribution in [0.2, 0.25) is 0 Å². The van der Waals surface area contributed by atoms with Gasteiger partial charge in [-0.2, -0.15) is 0 Å². The van der Waals surface area contributed by atoms with Crippen molar-refractivity contribution in [3.63, 3.8) is 0 Å². The van der Waals surface area contributed by atoms with Crippen molar-refractivity contribution < 1.29 is 66.2 Å². The van der Waals surface area contributed by atoms with Gasteiger partial charge in [-0.3, -0.25) is 38.4 Å². The number of benzene rings is 5. The van der Waals surface area contributed by atoms with E-state index in [9.17, 15) is 56.7 Å². The number of halogens is 2. The second-order valence-electron chi connectivity index (χ2n) is 18.9. The number of rotatable bonds is 32. The van der Waals surface area contributed by atoms with E-state index in [1.807, 2.05) is 0 Å². The van der Waals surface area contributed by atoms with Crippen LogP contribution in [0.3, 0.4) is 0 Å². The number of nitrogens with zero attached hydrogens (tertiary/aromatic N) is 2. The molecule has 6 N–H and O–H groups in total. The molecule has 82 heavy (non-hydrogen) atoms. The summed E-state index contributed by atoms with van der Waals surface area (Å²) in [5.74, 6) is -7.32. The third-order valence-corrected chi connectivity index (χ3v) is 12.7. The van der Waals surface area contributed by atoms with Crippen molar-refractivity contribution in [1.29, 1.82) is 0 Å². The summed E-state index contributed by atoms with van der Waals surface area (Å²) in [6.07, 6.45) is 2.43. The lowest BCUT2D eigenvalue weighted by Gasteiger charge is -2.24. The van der Waals surface area contributed by atoms with Crippen molar-refractivity contribution in [1.82, 2.24) is 41.7 Å². The number of hydrogen-bond donors (Lipinski definition) is 6. The number of ether oxygens (including phenoxy) is 2. The Hall–Kier alpha value is -9.34. The standard InChI is InChI=1S/C60H68F2N8O12/c1-81-59(79)49(67-55(75)43-14-5-3-6-15-43)20-9-11-32-63-51(71)37-69(39-53(73)65-34-30-41-22-26-47(61)27-23-41)57(77)45-18-13-19-46(36-45)58(78)70(40-54(74)66-35-31-42-24-28-48(62)29-25-42)38-52(72)64-33-12-10-21-50(60(80)82-2)68-56(76)44-16-7-4-8-17-44/h3-8,13-19,22-29,36,49-50H,9-12,20-21,30-35,37-40H2,1-2H3,(H,63,71)(H,64,72)(H,65,73)(H,66,74)(H,67,75)(H,68,76)/t49-,50-/m0/s1. The maximum absolute atomic E-state index is 14.3. The van der Waals surface area contributed by atoms with E-state index in [-0.39, 0.29) is 50.1 Å². The summed E-state index contributed by atoms with van der Waals surface area (Å²) in [5, 5.41) is 16.2. The van der Waals surface area contributed by atoms with Gasteiger partial charge >= 0.3 is 11.9 Å². The van der Waals surface area contributed by atoms with Crippen LogP contribution in [0.1, 0.15) is 91.1 Å². The van der Waals surface area contributed by atoms with Gasteiger partial charge in [0.15, 0.2) is 0 Å². The van der Waals surface area contributed by atoms with Crippen LogP contribution in [0.4, 0.5) is 8.78 Å². The zero-order valence-electron chi connectivity index (χ0n) is 45.7. The van der Waals surface area contributed by atoms with Crippen molar-refractivity contribution >= 4 is 59.2 Å². The normalized spacial score (nSPS) is 11.4. The summed E-state index contributed by atoms with van der Waals surface area (Å²) in [4.78, 5) is 135. The van der Waals surface area contributed by atoms with Crippen LogP contribution in [-0.4, -0.2) is 148 Å². The molecule has 0 saturated heterocycles. The van der Waals surface area contributed by atoms with Gasteiger partial charge in [0.2, 0.25) is 23.6 Å². The molecule has 0 fully saturated rings. The van der Waals surface area contributed by atoms with Gasteiger partial charge in [-0.25, -0.2) is 18.4 Å². The summed E-state index contributed by atoms with van der Waals surface area (Å²) in [7, 11) is 2.40. The molecule has 20 nitrogen and oxygen atoms in total. The molecular formula is C60H68F2N8O12. The van der Waals surface area contributed by atoms with Crippen molar-refractivity contribution in [2.24, 2.45) is 0 Å². The molecule has 5 rings (SSSR count). The molecule has 8 amide bonds. The lowest BCUT2D eigenvalue weighted by molar-refractivity contribution is -0.143. The minimum atomic E-state index is -0.967. The second kappa shape index (κ2) is 33.9. The molecule has 2 atom stereocenters. The average Bonchev–Trinajstić information content (AvgIpc) is 3.63. The Morgan fingerprint density at radius 3 is 1.09 bits per heavy atom. The third-order valence-electron chi connectivity index (χ3n) is 12.7. The highest BCUT2D eigenvalue weighted by molar-refractivity contribution is 6.03. The van der Waals surface area contributed by atoms with Crippen LogP contribution in [0.5, 0.6) is 0 Å². The Balaban J connectivity index is 1.25. The molecule has 0 aromatic heterocycles. The molecule has 0 heterocycles. The second-order valence-corrected chi connectivity index (χ2v) is 18.9. The van der Waals surface area contributed by atoms with Crippen LogP contribution in [0, 0.1) is 11.6 Å². The minimum Gasteiger partial charge on any atom is -0.467 e. The van der Waals surface area contributed by atoms with Crippen LogP contribution in [0.25, 0.3) is 0 Å². The highest BCUT2D eigenvalue weighted by Gasteiger charge is 2.27. The first-order chi connectivity index (χ1) is 39.5. The molecule has 434 valence electrons. The van der Waals surface area contributed by atoms with Gasteiger partial charge in [-0.05, 0) is 129 Å². The van der Waals surface area contributed by atoms with Crippen LogP contribution < -0.4 is 31.9 Å². The fourth-order valence-electron chi connectivity index (χ4n) is 8.31. The SMILES string of the molecule is COC(=O)[C@H](CCCCNC(=O)CN(CC(=O)NCCc1ccc(F)cc1)C(=O)c1cccc(C(=O)N(CC(=O)NCCCC[C@H](NC(=O)c2ccccc2)C(=O)OC)CC(=O)NCCc2ccc(F)cc2)c1)NC(=O)c1ccccc1. The van der Waals surface area contributed by atoms with E-state index in [0.717, 1.165) is 20.9 Å². The Kier molecular flexibility index (Phi) is 26.3. The lowest BCUT2D eigenvalue weighted by atomic mass is 10.1. The maximum Gasteiger partial charge on any atom is 0.328 e. The summed E-state index contributed by atoms with van der Waals surface area (Å²) in [5.41, 5.74) is 1.92. The highest BCUT2D eigenvalue weighted by Crippen LogP contribution is 2.14. The van der Waals surface area contributed by atoms with Crippen molar-refractivity contribution in [2.75, 3.05) is 66.6 Å². The van der Waals surface area contributed by atoms with E-state index in [1.165, 1.54) is 62.8 Å². The number of unbranched alkanes of at least 4 members (excludes halogenated alkanes) is 2. The van der Waals surface area contributed by atoms with E-state index < -0.39 is 109 Å². The van der Waals surface area contributed by atoms with Gasteiger partial charge < -0.3 is 51.2 Å². The molecule has 0 aliphatic carbocycles. The maximum atomic E-state index is 14.3. The summed E-state index contributed by atoms with van der Waals surface area (Å²) in [6.45, 7) is -2.05. The number of esters is 2. The van der Waals surface area contributed by atoms with Gasteiger partial charge in [-0.15, -0.1) is 0 Å². The van der Waals surface area contributed by atoms with Gasteiger partial charge in [0.25, 0.3) is 23.6 Å². The largest absolute Gasteiger partial charge is 0.467 e. The number of nitrogens with one attached hydrogen (secondary N) is 6. The topological polar surface area (TPSA) is 268 Å². The predicted molar refractivity (Wildman–Crippen MR) is 298 cm³/mol. The van der Waals surface area contributed by atoms with Gasteiger partial charge in [0.05, 0.1) is 14.2 Å². The fourth-order valence-corrected chi connectivity index (χ4v) is 8.31.